The van der Waals surface area contributed by atoms with Gasteiger partial charge in [-0.2, -0.15) is 0 Å². The van der Waals surface area contributed by atoms with Crippen LogP contribution in [0.15, 0.2) is 46.2 Å². The number of anilines is 2. The molecule has 12 heteroatoms. The molecule has 5 atom stereocenters. The maximum absolute atomic E-state index is 14.9. The van der Waals surface area contributed by atoms with Gasteiger partial charge in [0.1, 0.15) is 11.6 Å². The van der Waals surface area contributed by atoms with E-state index < -0.39 is 0 Å². The molecule has 3 heterocycles. The molecule has 5 fully saturated rings. The minimum Gasteiger partial charge on any atom is -0.497 e. The number of fused-ring (bicyclic) bond motifs is 3. The topological polar surface area (TPSA) is 107 Å². The first-order valence-corrected chi connectivity index (χ1v) is 18.1. The van der Waals surface area contributed by atoms with Gasteiger partial charge in [-0.1, -0.05) is 26.8 Å². The van der Waals surface area contributed by atoms with E-state index >= 15 is 0 Å². The standard InChI is InChI=1S/C38H51FN8O3/c1-23-21-46(22-34(48)40-23)36(42-32-18-26-17-30(24(32)2)38(26,3)4)41-27-8-10-29-33(19-27)43-37(45-15-13-44(5)14-16-45)47(35(29)49)12-11-25-7-9-28(50-6)20-31(25)39/h7-10,19-20,23-24,26,30,32H,11-18,21-22H2,1-6H3,(H,40,48)(H,41,42)/t23-,24-,26+,30-,32-/m0/s1. The summed E-state index contributed by atoms with van der Waals surface area (Å²) in [4.78, 5) is 43.8. The van der Waals surface area contributed by atoms with Gasteiger partial charge in [0.15, 0.2) is 5.96 Å². The number of benzene rings is 2. The van der Waals surface area contributed by atoms with Gasteiger partial charge >= 0.3 is 0 Å². The van der Waals surface area contributed by atoms with E-state index in [2.05, 4.69) is 48.3 Å². The highest BCUT2D eigenvalue weighted by Crippen LogP contribution is 2.61. The summed E-state index contributed by atoms with van der Waals surface area (Å²) in [6.07, 6.45) is 2.65. The number of aromatic nitrogens is 2. The number of carbonyl (C=O) groups excluding carboxylic acids is 1. The van der Waals surface area contributed by atoms with Gasteiger partial charge in [0.25, 0.3) is 5.56 Å². The number of guanidine groups is 1. The lowest BCUT2D eigenvalue weighted by Crippen LogP contribution is -2.58. The number of likely N-dealkylation sites (N-methyl/N-ethyl adjacent to an activating group) is 1. The zero-order chi connectivity index (χ0) is 35.3. The van der Waals surface area contributed by atoms with Crippen LogP contribution in [0.4, 0.5) is 16.0 Å². The Bertz CT molecular complexity index is 1850. The molecule has 11 nitrogen and oxygen atoms in total. The summed E-state index contributed by atoms with van der Waals surface area (Å²) in [7, 11) is 3.60. The maximum atomic E-state index is 14.9. The molecule has 50 heavy (non-hydrogen) atoms. The fourth-order valence-electron chi connectivity index (χ4n) is 8.69. The van der Waals surface area contributed by atoms with Crippen molar-refractivity contribution in [1.29, 1.82) is 0 Å². The van der Waals surface area contributed by atoms with E-state index in [4.69, 9.17) is 14.7 Å². The number of nitrogens with one attached hydrogen (secondary N) is 2. The van der Waals surface area contributed by atoms with Gasteiger partial charge in [0.05, 0.1) is 30.6 Å². The minimum absolute atomic E-state index is 0.00589. The molecule has 5 aliphatic rings. The van der Waals surface area contributed by atoms with E-state index in [-0.39, 0.29) is 42.5 Å². The molecule has 1 amide bonds. The van der Waals surface area contributed by atoms with Crippen LogP contribution in [-0.4, -0.2) is 96.7 Å². The predicted octanol–water partition coefficient (Wildman–Crippen LogP) is 4.20. The zero-order valence-electron chi connectivity index (χ0n) is 30.2. The second kappa shape index (κ2) is 13.5. The summed E-state index contributed by atoms with van der Waals surface area (Å²) in [5.41, 5.74) is 2.05. The molecular weight excluding hydrogens is 635 g/mol. The molecule has 0 spiro atoms. The van der Waals surface area contributed by atoms with E-state index in [1.807, 2.05) is 30.0 Å². The van der Waals surface area contributed by atoms with E-state index in [1.54, 1.807) is 16.7 Å². The van der Waals surface area contributed by atoms with E-state index in [0.717, 1.165) is 38.3 Å². The summed E-state index contributed by atoms with van der Waals surface area (Å²) in [6, 6.07) is 10.6. The number of rotatable bonds is 7. The van der Waals surface area contributed by atoms with Crippen molar-refractivity contribution in [2.75, 3.05) is 63.6 Å². The van der Waals surface area contributed by atoms with Crippen molar-refractivity contribution in [3.63, 3.8) is 0 Å². The Morgan fingerprint density at radius 3 is 2.56 bits per heavy atom. The first-order valence-electron chi connectivity index (χ1n) is 18.1. The molecule has 0 unspecified atom stereocenters. The number of aryl methyl sites for hydroxylation is 1. The highest BCUT2D eigenvalue weighted by molar-refractivity contribution is 5.98. The smallest absolute Gasteiger partial charge is 0.262 e. The average Bonchev–Trinajstić information content (AvgIpc) is 3.08. The molecule has 268 valence electrons. The Balaban J connectivity index is 1.22. The van der Waals surface area contributed by atoms with Crippen molar-refractivity contribution in [3.05, 3.63) is 58.1 Å². The van der Waals surface area contributed by atoms with Gasteiger partial charge in [-0.05, 0) is 86.2 Å². The Morgan fingerprint density at radius 1 is 1.10 bits per heavy atom. The van der Waals surface area contributed by atoms with Crippen LogP contribution in [0.2, 0.25) is 0 Å². The lowest BCUT2D eigenvalue weighted by molar-refractivity contribution is -0.124. The number of ether oxygens (including phenoxy) is 1. The molecule has 3 aliphatic carbocycles. The maximum Gasteiger partial charge on any atom is 0.262 e. The number of methoxy groups -OCH3 is 1. The number of halogens is 1. The number of carbonyl (C=O) groups is 1. The first-order chi connectivity index (χ1) is 23.9. The van der Waals surface area contributed by atoms with Crippen molar-refractivity contribution < 1.29 is 13.9 Å². The monoisotopic (exact) mass is 686 g/mol. The van der Waals surface area contributed by atoms with Crippen LogP contribution in [0, 0.1) is 29.0 Å². The number of nitrogens with zero attached hydrogens (tertiary/aromatic N) is 6. The molecule has 3 saturated carbocycles. The highest BCUT2D eigenvalue weighted by atomic mass is 19.1. The molecule has 8 rings (SSSR count). The van der Waals surface area contributed by atoms with Gasteiger partial charge in [-0.3, -0.25) is 14.2 Å². The Hall–Kier alpha value is -4.19. The molecule has 2 bridgehead atoms. The SMILES string of the molecule is COc1ccc(CCn2c(N3CCN(C)CC3)nc3cc(NC(=N[C@H]4C[C@H]5C[C@@H]([C@@H]4C)C5(C)C)N4CC(=O)N[C@@H](C)C4)ccc3c2=O)c(F)c1. The fourth-order valence-corrected chi connectivity index (χ4v) is 8.69. The van der Waals surface area contributed by atoms with Crippen molar-refractivity contribution in [3.8, 4) is 5.75 Å². The third-order valence-electron chi connectivity index (χ3n) is 12.0. The highest BCUT2D eigenvalue weighted by Gasteiger charge is 2.56. The van der Waals surface area contributed by atoms with Crippen LogP contribution in [0.5, 0.6) is 5.75 Å². The van der Waals surface area contributed by atoms with Gasteiger partial charge in [0, 0.05) is 57.1 Å². The van der Waals surface area contributed by atoms with Gasteiger partial charge in [-0.15, -0.1) is 0 Å². The van der Waals surface area contributed by atoms with Crippen LogP contribution in [0.3, 0.4) is 0 Å². The fraction of sp³-hybridized carbons (Fsp3) is 0.579. The molecule has 2 N–H and O–H groups in total. The van der Waals surface area contributed by atoms with Gasteiger partial charge < -0.3 is 30.1 Å². The van der Waals surface area contributed by atoms with Gasteiger partial charge in [0.2, 0.25) is 11.9 Å². The molecule has 2 aliphatic heterocycles. The summed E-state index contributed by atoms with van der Waals surface area (Å²) in [6.45, 7) is 13.4. The molecule has 0 radical (unpaired) electrons. The largest absolute Gasteiger partial charge is 0.497 e. The van der Waals surface area contributed by atoms with Crippen LogP contribution >= 0.6 is 0 Å². The second-order valence-electron chi connectivity index (χ2n) is 15.5. The molecule has 2 aromatic carbocycles. The summed E-state index contributed by atoms with van der Waals surface area (Å²) >= 11 is 0. The molecule has 2 saturated heterocycles. The second-order valence-corrected chi connectivity index (χ2v) is 15.5. The Labute approximate surface area is 293 Å². The third-order valence-corrected chi connectivity index (χ3v) is 12.0. The van der Waals surface area contributed by atoms with Crippen LogP contribution in [-0.2, 0) is 17.8 Å². The molecule has 3 aromatic rings. The van der Waals surface area contributed by atoms with Crippen LogP contribution in [0.1, 0.15) is 46.1 Å². The van der Waals surface area contributed by atoms with Crippen LogP contribution < -0.4 is 25.8 Å². The summed E-state index contributed by atoms with van der Waals surface area (Å²) in [5, 5.41) is 7.10. The minimum atomic E-state index is -0.357. The molecular formula is C38H51FN8O3. The normalized spacial score (nSPS) is 26.8. The number of hydrogen-bond donors (Lipinski definition) is 2. The van der Waals surface area contributed by atoms with Crippen molar-refractivity contribution >= 4 is 34.4 Å². The number of amides is 1. The molecule has 1 aromatic heterocycles. The zero-order valence-corrected chi connectivity index (χ0v) is 30.2. The average molecular weight is 687 g/mol. The van der Waals surface area contributed by atoms with E-state index in [9.17, 15) is 14.0 Å². The predicted molar refractivity (Wildman–Crippen MR) is 196 cm³/mol. The summed E-state index contributed by atoms with van der Waals surface area (Å²) < 4.78 is 21.8. The Kier molecular flexibility index (Phi) is 9.25. The van der Waals surface area contributed by atoms with E-state index in [0.29, 0.717) is 70.3 Å². The lowest BCUT2D eigenvalue weighted by atomic mass is 9.45. The number of hydrogen-bond acceptors (Lipinski definition) is 7. The summed E-state index contributed by atoms with van der Waals surface area (Å²) in [5.74, 6) is 3.10. The van der Waals surface area contributed by atoms with Crippen LogP contribution in [0.25, 0.3) is 10.9 Å². The quantitative estimate of drug-likeness (QED) is 0.282. The lowest BCUT2D eigenvalue weighted by Gasteiger charge is -2.61. The first kappa shape index (κ1) is 34.3. The number of piperazine rings is 2. The van der Waals surface area contributed by atoms with Crippen molar-refractivity contribution in [2.24, 2.45) is 28.2 Å². The van der Waals surface area contributed by atoms with Crippen molar-refractivity contribution in [2.45, 2.75) is 65.6 Å². The third kappa shape index (κ3) is 6.54. The number of aliphatic imine (C=N–C) groups is 1. The van der Waals surface area contributed by atoms with Gasteiger partial charge in [-0.25, -0.2) is 14.4 Å². The van der Waals surface area contributed by atoms with Crippen molar-refractivity contribution in [1.82, 2.24) is 24.7 Å². The Morgan fingerprint density at radius 2 is 1.88 bits per heavy atom. The van der Waals surface area contributed by atoms with E-state index in [1.165, 1.54) is 19.6 Å².